The van der Waals surface area contributed by atoms with E-state index in [9.17, 15) is 19.8 Å². The Labute approximate surface area is 443 Å². The van der Waals surface area contributed by atoms with Crippen molar-refractivity contribution >= 4 is 11.9 Å². The monoisotopic (exact) mass is 1000 g/mol. The quantitative estimate of drug-likeness (QED) is 0.0320. The van der Waals surface area contributed by atoms with E-state index in [0.29, 0.717) is 19.4 Å². The van der Waals surface area contributed by atoms with Gasteiger partial charge in [-0.2, -0.15) is 0 Å². The SMILES string of the molecule is CCCCCCCC/C=C\CCCCCCCCCC(=O)OCCCCCCCCCCCCCCCCCC(=O)NC(CO)C(O)/C=C/CCCCCCCCCCCCCCCCCCCCCC. The molecule has 1 amide bonds. The fourth-order valence-electron chi connectivity index (χ4n) is 10.0. The third kappa shape index (κ3) is 57.5. The molecule has 0 saturated carbocycles. The lowest BCUT2D eigenvalue weighted by molar-refractivity contribution is -0.143. The number of rotatable bonds is 60. The molecule has 0 spiro atoms. The fourth-order valence-corrected chi connectivity index (χ4v) is 10.0. The van der Waals surface area contributed by atoms with Crippen molar-refractivity contribution in [2.75, 3.05) is 13.2 Å². The van der Waals surface area contributed by atoms with Gasteiger partial charge in [0, 0.05) is 12.8 Å². The van der Waals surface area contributed by atoms with Crippen LogP contribution < -0.4 is 5.32 Å². The number of aliphatic hydroxyl groups excluding tert-OH is 2. The minimum absolute atomic E-state index is 0.00292. The molecule has 420 valence electrons. The summed E-state index contributed by atoms with van der Waals surface area (Å²) in [6.45, 7) is 4.91. The molecule has 0 radical (unpaired) electrons. The molecule has 0 aliphatic heterocycles. The lowest BCUT2D eigenvalue weighted by atomic mass is 10.0. The van der Waals surface area contributed by atoms with Crippen molar-refractivity contribution in [3.05, 3.63) is 24.3 Å². The maximum absolute atomic E-state index is 12.5. The van der Waals surface area contributed by atoms with E-state index in [4.69, 9.17) is 4.74 Å². The fraction of sp³-hybridized carbons (Fsp3) is 0.908. The second-order valence-corrected chi connectivity index (χ2v) is 22.1. The Hall–Kier alpha value is -1.66. The van der Waals surface area contributed by atoms with Crippen LogP contribution in [0.2, 0.25) is 0 Å². The number of unbranched alkanes of at least 4 members (excludes halogenated alkanes) is 47. The van der Waals surface area contributed by atoms with Gasteiger partial charge >= 0.3 is 5.97 Å². The largest absolute Gasteiger partial charge is 0.466 e. The van der Waals surface area contributed by atoms with Gasteiger partial charge in [0.15, 0.2) is 0 Å². The molecule has 0 rings (SSSR count). The van der Waals surface area contributed by atoms with E-state index < -0.39 is 12.1 Å². The summed E-state index contributed by atoms with van der Waals surface area (Å²) in [4.78, 5) is 24.6. The zero-order chi connectivity index (χ0) is 51.4. The van der Waals surface area contributed by atoms with Crippen molar-refractivity contribution in [1.82, 2.24) is 5.32 Å². The highest BCUT2D eigenvalue weighted by Gasteiger charge is 2.18. The van der Waals surface area contributed by atoms with Crippen molar-refractivity contribution < 1.29 is 24.5 Å². The van der Waals surface area contributed by atoms with Gasteiger partial charge in [0.2, 0.25) is 5.91 Å². The van der Waals surface area contributed by atoms with Gasteiger partial charge in [0.25, 0.3) is 0 Å². The van der Waals surface area contributed by atoms with Gasteiger partial charge in [-0.05, 0) is 57.8 Å². The summed E-state index contributed by atoms with van der Waals surface area (Å²) >= 11 is 0. The number of carbonyl (C=O) groups excluding carboxylic acids is 2. The summed E-state index contributed by atoms with van der Waals surface area (Å²) in [6.07, 6.45) is 75.0. The van der Waals surface area contributed by atoms with E-state index in [2.05, 4.69) is 31.3 Å². The first-order valence-corrected chi connectivity index (χ1v) is 32.1. The second-order valence-electron chi connectivity index (χ2n) is 22.1. The Morgan fingerprint density at radius 3 is 1.00 bits per heavy atom. The normalized spacial score (nSPS) is 12.7. The number of ether oxygens (including phenoxy) is 1. The van der Waals surface area contributed by atoms with E-state index in [1.54, 1.807) is 6.08 Å². The minimum Gasteiger partial charge on any atom is -0.466 e. The highest BCUT2D eigenvalue weighted by molar-refractivity contribution is 5.76. The van der Waals surface area contributed by atoms with Crippen LogP contribution in [0.15, 0.2) is 24.3 Å². The van der Waals surface area contributed by atoms with Crippen molar-refractivity contribution in [3.63, 3.8) is 0 Å². The molecule has 0 fully saturated rings. The molecule has 0 saturated heterocycles. The second kappa shape index (κ2) is 60.9. The van der Waals surface area contributed by atoms with Gasteiger partial charge in [0.1, 0.15) is 0 Å². The van der Waals surface area contributed by atoms with E-state index in [1.807, 2.05) is 6.08 Å². The smallest absolute Gasteiger partial charge is 0.305 e. The number of nitrogens with one attached hydrogen (secondary N) is 1. The molecule has 0 aliphatic rings. The zero-order valence-electron chi connectivity index (χ0n) is 48.0. The highest BCUT2D eigenvalue weighted by atomic mass is 16.5. The number of hydrogen-bond acceptors (Lipinski definition) is 5. The van der Waals surface area contributed by atoms with Gasteiger partial charge in [-0.15, -0.1) is 0 Å². The Morgan fingerprint density at radius 2 is 0.662 bits per heavy atom. The van der Waals surface area contributed by atoms with Crippen LogP contribution in [0.1, 0.15) is 354 Å². The molecule has 6 heteroatoms. The molecule has 6 nitrogen and oxygen atoms in total. The predicted molar refractivity (Wildman–Crippen MR) is 310 cm³/mol. The van der Waals surface area contributed by atoms with E-state index in [1.165, 1.54) is 276 Å². The Balaban J connectivity index is 3.45. The molecule has 0 aliphatic carbocycles. The molecule has 0 aromatic carbocycles. The summed E-state index contributed by atoms with van der Waals surface area (Å²) in [7, 11) is 0. The van der Waals surface area contributed by atoms with Crippen LogP contribution in [0.25, 0.3) is 0 Å². The molecule has 0 heterocycles. The van der Waals surface area contributed by atoms with Crippen molar-refractivity contribution in [1.29, 1.82) is 0 Å². The number of amides is 1. The summed E-state index contributed by atoms with van der Waals surface area (Å²) in [6, 6.07) is -0.635. The molecule has 2 atom stereocenters. The van der Waals surface area contributed by atoms with Crippen molar-refractivity contribution in [2.45, 2.75) is 366 Å². The van der Waals surface area contributed by atoms with Gasteiger partial charge in [0.05, 0.1) is 25.4 Å². The number of allylic oxidation sites excluding steroid dienone is 3. The summed E-state index contributed by atoms with van der Waals surface area (Å²) in [5.74, 6) is -0.0760. The number of aliphatic hydroxyl groups is 2. The van der Waals surface area contributed by atoms with E-state index >= 15 is 0 Å². The summed E-state index contributed by atoms with van der Waals surface area (Å²) < 4.78 is 5.49. The highest BCUT2D eigenvalue weighted by Crippen LogP contribution is 2.18. The Bertz CT molecular complexity index is 1110. The first-order valence-electron chi connectivity index (χ1n) is 32.1. The number of carbonyl (C=O) groups is 2. The third-order valence-electron chi connectivity index (χ3n) is 15.0. The van der Waals surface area contributed by atoms with Crippen LogP contribution >= 0.6 is 0 Å². The molecule has 0 aromatic heterocycles. The molecular weight excluding hydrogens is 875 g/mol. The van der Waals surface area contributed by atoms with Crippen LogP contribution in [-0.4, -0.2) is 47.4 Å². The van der Waals surface area contributed by atoms with Gasteiger partial charge in [-0.3, -0.25) is 9.59 Å². The van der Waals surface area contributed by atoms with Gasteiger partial charge in [-0.25, -0.2) is 0 Å². The van der Waals surface area contributed by atoms with Crippen LogP contribution in [-0.2, 0) is 14.3 Å². The number of hydrogen-bond donors (Lipinski definition) is 3. The molecule has 0 bridgehead atoms. The number of esters is 1. The third-order valence-corrected chi connectivity index (χ3v) is 15.0. The maximum atomic E-state index is 12.5. The Morgan fingerprint density at radius 1 is 0.380 bits per heavy atom. The Kier molecular flexibility index (Phi) is 59.5. The van der Waals surface area contributed by atoms with Crippen LogP contribution in [0, 0.1) is 0 Å². The predicted octanol–water partition coefficient (Wildman–Crippen LogP) is 20.2. The zero-order valence-corrected chi connectivity index (χ0v) is 48.0. The molecule has 0 aromatic rings. The molecular formula is C65H125NO5. The minimum atomic E-state index is -0.851. The van der Waals surface area contributed by atoms with Crippen molar-refractivity contribution in [2.24, 2.45) is 0 Å². The molecule has 71 heavy (non-hydrogen) atoms. The summed E-state index contributed by atoms with van der Waals surface area (Å²) in [5.41, 5.74) is 0. The van der Waals surface area contributed by atoms with Crippen molar-refractivity contribution in [3.8, 4) is 0 Å². The maximum Gasteiger partial charge on any atom is 0.305 e. The molecule has 2 unspecified atom stereocenters. The molecule has 3 N–H and O–H groups in total. The average Bonchev–Trinajstić information content (AvgIpc) is 3.37. The van der Waals surface area contributed by atoms with E-state index in [-0.39, 0.29) is 18.5 Å². The first-order chi connectivity index (χ1) is 35.0. The van der Waals surface area contributed by atoms with Crippen LogP contribution in [0.3, 0.4) is 0 Å². The first kappa shape index (κ1) is 69.3. The average molecular weight is 1000 g/mol. The lowest BCUT2D eigenvalue weighted by Gasteiger charge is -2.20. The van der Waals surface area contributed by atoms with E-state index in [0.717, 1.165) is 51.4 Å². The summed E-state index contributed by atoms with van der Waals surface area (Å²) in [5, 5.41) is 23.2. The topological polar surface area (TPSA) is 95.9 Å². The van der Waals surface area contributed by atoms with Crippen LogP contribution in [0.4, 0.5) is 0 Å². The van der Waals surface area contributed by atoms with Crippen LogP contribution in [0.5, 0.6) is 0 Å². The van der Waals surface area contributed by atoms with Gasteiger partial charge < -0.3 is 20.3 Å². The standard InChI is InChI=1S/C65H125NO5/c1-3-5-7-9-11-13-15-17-19-21-22-23-24-25-27-29-33-37-41-45-49-53-57-63(68)62(61-67)66-64(69)58-54-50-46-42-38-34-30-28-32-36-40-44-48-52-56-60-71-65(70)59-55-51-47-43-39-35-31-26-20-18-16-14-12-10-8-6-4-2/h18,20,53,57,62-63,67-68H,3-17,19,21-52,54-56,58-61H2,1-2H3,(H,66,69)/b20-18-,57-53+. The van der Waals surface area contributed by atoms with Gasteiger partial charge in [-0.1, -0.05) is 308 Å². The lowest BCUT2D eigenvalue weighted by Crippen LogP contribution is -2.45.